The van der Waals surface area contributed by atoms with Crippen LogP contribution in [0.2, 0.25) is 0 Å². The minimum Gasteiger partial charge on any atom is -0.371 e. The normalized spacial score (nSPS) is 23.9. The summed E-state index contributed by atoms with van der Waals surface area (Å²) in [5.41, 5.74) is 2.64. The number of nitrogens with two attached hydrogens (primary N) is 2. The largest absolute Gasteiger partial charge is 0.371 e. The summed E-state index contributed by atoms with van der Waals surface area (Å²) >= 11 is 0. The molecule has 2 atom stereocenters. The highest BCUT2D eigenvalue weighted by Crippen LogP contribution is 2.24. The van der Waals surface area contributed by atoms with Gasteiger partial charge in [-0.15, -0.1) is 0 Å². The van der Waals surface area contributed by atoms with Gasteiger partial charge in [0.15, 0.2) is 0 Å². The Kier molecular flexibility index (Phi) is 4.54. The summed E-state index contributed by atoms with van der Waals surface area (Å²) in [6.45, 7) is 5.96. The van der Waals surface area contributed by atoms with Gasteiger partial charge in [0.25, 0.3) is 0 Å². The van der Waals surface area contributed by atoms with Crippen LogP contribution >= 0.6 is 0 Å². The second-order valence-electron chi connectivity index (χ2n) is 4.60. The summed E-state index contributed by atoms with van der Waals surface area (Å²) in [5.74, 6) is 8.00. The van der Waals surface area contributed by atoms with Crippen LogP contribution in [0, 0.1) is 6.92 Å². The molecule has 4 N–H and O–H groups in total. The van der Waals surface area contributed by atoms with Gasteiger partial charge in [-0.3, -0.25) is 11.7 Å². The highest BCUT2D eigenvalue weighted by Gasteiger charge is 2.31. The summed E-state index contributed by atoms with van der Waals surface area (Å²) in [7, 11) is 0. The van der Waals surface area contributed by atoms with Crippen LogP contribution in [0.25, 0.3) is 0 Å². The topological polar surface area (TPSA) is 80.3 Å². The van der Waals surface area contributed by atoms with E-state index in [-0.39, 0.29) is 0 Å². The lowest BCUT2D eigenvalue weighted by Gasteiger charge is -2.25. The zero-order valence-corrected chi connectivity index (χ0v) is 10.7. The van der Waals surface area contributed by atoms with E-state index >= 15 is 0 Å². The maximum Gasteiger partial charge on any atom is 0.0984 e. The van der Waals surface area contributed by atoms with E-state index in [2.05, 4.69) is 47.8 Å². The Balaban J connectivity index is 0.000000574. The SMILES string of the molecule is Cc1ccccc1N(CC1CO1)CC1CO1.NN. The smallest absolute Gasteiger partial charge is 0.0984 e. The molecule has 0 aromatic heterocycles. The molecule has 2 aliphatic heterocycles. The van der Waals surface area contributed by atoms with E-state index in [1.807, 2.05) is 0 Å². The number of nitrogens with zero attached hydrogens (tertiary/aromatic N) is 1. The van der Waals surface area contributed by atoms with Crippen molar-refractivity contribution in [2.45, 2.75) is 19.1 Å². The summed E-state index contributed by atoms with van der Waals surface area (Å²) < 4.78 is 10.6. The lowest BCUT2D eigenvalue weighted by atomic mass is 10.1. The van der Waals surface area contributed by atoms with Crippen molar-refractivity contribution in [2.24, 2.45) is 11.7 Å². The summed E-state index contributed by atoms with van der Waals surface area (Å²) in [6.07, 6.45) is 0.858. The van der Waals surface area contributed by atoms with Gasteiger partial charge in [0.1, 0.15) is 0 Å². The number of rotatable bonds is 5. The molecule has 1 aromatic rings. The molecule has 100 valence electrons. The van der Waals surface area contributed by atoms with Crippen molar-refractivity contribution in [3.05, 3.63) is 29.8 Å². The molecule has 5 nitrogen and oxygen atoms in total. The Hall–Kier alpha value is -1.14. The molecule has 0 amide bonds. The molecule has 5 heteroatoms. The highest BCUT2D eigenvalue weighted by atomic mass is 16.6. The molecule has 0 bridgehead atoms. The van der Waals surface area contributed by atoms with Crippen molar-refractivity contribution < 1.29 is 9.47 Å². The molecule has 0 radical (unpaired) electrons. The Labute approximate surface area is 108 Å². The van der Waals surface area contributed by atoms with E-state index in [1.165, 1.54) is 11.3 Å². The summed E-state index contributed by atoms with van der Waals surface area (Å²) in [5, 5.41) is 0. The number of benzene rings is 1. The quantitative estimate of drug-likeness (QED) is 0.450. The molecule has 2 aliphatic rings. The number of aryl methyl sites for hydroxylation is 1. The van der Waals surface area contributed by atoms with Crippen LogP contribution in [-0.2, 0) is 9.47 Å². The molecular weight excluding hydrogens is 230 g/mol. The third kappa shape index (κ3) is 3.68. The molecule has 2 unspecified atom stereocenters. The van der Waals surface area contributed by atoms with Crippen molar-refractivity contribution >= 4 is 5.69 Å². The molecule has 0 saturated carbocycles. The maximum atomic E-state index is 5.32. The molecule has 2 heterocycles. The number of para-hydroxylation sites is 1. The van der Waals surface area contributed by atoms with Crippen molar-refractivity contribution in [1.29, 1.82) is 0 Å². The van der Waals surface area contributed by atoms with Crippen LogP contribution in [0.5, 0.6) is 0 Å². The van der Waals surface area contributed by atoms with Gasteiger partial charge in [-0.1, -0.05) is 18.2 Å². The third-order valence-corrected chi connectivity index (χ3v) is 3.11. The van der Waals surface area contributed by atoms with Crippen molar-refractivity contribution in [1.82, 2.24) is 0 Å². The fourth-order valence-corrected chi connectivity index (χ4v) is 2.03. The number of epoxide rings is 2. The van der Waals surface area contributed by atoms with Gasteiger partial charge < -0.3 is 14.4 Å². The molecule has 2 fully saturated rings. The number of hydrazine groups is 1. The zero-order chi connectivity index (χ0) is 13.0. The number of hydrogen-bond donors (Lipinski definition) is 2. The van der Waals surface area contributed by atoms with Gasteiger partial charge in [0.05, 0.1) is 25.4 Å². The predicted octanol–water partition coefficient (Wildman–Crippen LogP) is 0.418. The predicted molar refractivity (Wildman–Crippen MR) is 71.2 cm³/mol. The molecular formula is C13H21N3O2. The molecule has 2 saturated heterocycles. The fourth-order valence-electron chi connectivity index (χ4n) is 2.03. The van der Waals surface area contributed by atoms with E-state index in [1.54, 1.807) is 0 Å². The zero-order valence-electron chi connectivity index (χ0n) is 10.7. The lowest BCUT2D eigenvalue weighted by molar-refractivity contribution is 0.389. The number of ether oxygens (including phenoxy) is 2. The minimum atomic E-state index is 0.429. The van der Waals surface area contributed by atoms with E-state index in [9.17, 15) is 0 Å². The maximum absolute atomic E-state index is 5.32. The van der Waals surface area contributed by atoms with Crippen LogP contribution in [0.1, 0.15) is 5.56 Å². The van der Waals surface area contributed by atoms with Gasteiger partial charge in [0, 0.05) is 18.8 Å². The average Bonchev–Trinajstić information content (AvgIpc) is 3.27. The first-order valence-electron chi connectivity index (χ1n) is 6.20. The molecule has 1 aromatic carbocycles. The van der Waals surface area contributed by atoms with Gasteiger partial charge in [-0.2, -0.15) is 0 Å². The monoisotopic (exact) mass is 251 g/mol. The average molecular weight is 251 g/mol. The van der Waals surface area contributed by atoms with Gasteiger partial charge >= 0.3 is 0 Å². The lowest BCUT2D eigenvalue weighted by Crippen LogP contribution is -2.32. The van der Waals surface area contributed by atoms with Crippen LogP contribution in [0.3, 0.4) is 0 Å². The van der Waals surface area contributed by atoms with Crippen LogP contribution in [0.15, 0.2) is 24.3 Å². The number of anilines is 1. The van der Waals surface area contributed by atoms with E-state index in [4.69, 9.17) is 9.47 Å². The Bertz CT molecular complexity index is 364. The standard InChI is InChI=1S/C13H17NO2.H4N2/c1-10-4-2-3-5-13(10)14(6-11-8-15-11)7-12-9-16-12;1-2/h2-5,11-12H,6-9H2,1H3;1-2H2. The Morgan fingerprint density at radius 1 is 1.11 bits per heavy atom. The summed E-state index contributed by atoms with van der Waals surface area (Å²) in [6, 6.07) is 8.51. The van der Waals surface area contributed by atoms with Crippen LogP contribution in [0.4, 0.5) is 5.69 Å². The second-order valence-corrected chi connectivity index (χ2v) is 4.60. The molecule has 0 aliphatic carbocycles. The van der Waals surface area contributed by atoms with E-state index in [0.29, 0.717) is 12.2 Å². The van der Waals surface area contributed by atoms with Gasteiger partial charge in [0.2, 0.25) is 0 Å². The van der Waals surface area contributed by atoms with Crippen molar-refractivity contribution in [3.63, 3.8) is 0 Å². The van der Waals surface area contributed by atoms with Crippen molar-refractivity contribution in [3.8, 4) is 0 Å². The summed E-state index contributed by atoms with van der Waals surface area (Å²) in [4.78, 5) is 2.39. The number of hydrogen-bond acceptors (Lipinski definition) is 5. The first kappa shape index (κ1) is 13.3. The van der Waals surface area contributed by atoms with Gasteiger partial charge in [-0.25, -0.2) is 0 Å². The molecule has 18 heavy (non-hydrogen) atoms. The first-order valence-corrected chi connectivity index (χ1v) is 6.20. The molecule has 3 rings (SSSR count). The van der Waals surface area contributed by atoms with Crippen molar-refractivity contribution in [2.75, 3.05) is 31.2 Å². The van der Waals surface area contributed by atoms with E-state index in [0.717, 1.165) is 26.3 Å². The first-order chi connectivity index (χ1) is 8.83. The van der Waals surface area contributed by atoms with Crippen LogP contribution in [-0.4, -0.2) is 38.5 Å². The highest BCUT2D eigenvalue weighted by molar-refractivity contribution is 5.53. The Morgan fingerprint density at radius 2 is 1.61 bits per heavy atom. The third-order valence-electron chi connectivity index (χ3n) is 3.11. The Morgan fingerprint density at radius 3 is 2.06 bits per heavy atom. The second kappa shape index (κ2) is 6.15. The van der Waals surface area contributed by atoms with E-state index < -0.39 is 0 Å². The molecule has 0 spiro atoms. The van der Waals surface area contributed by atoms with Gasteiger partial charge in [-0.05, 0) is 18.6 Å². The fraction of sp³-hybridized carbons (Fsp3) is 0.538. The minimum absolute atomic E-state index is 0.429. The van der Waals surface area contributed by atoms with Crippen LogP contribution < -0.4 is 16.6 Å².